The normalized spacial score (nSPS) is 11.1. The van der Waals surface area contributed by atoms with E-state index in [1.807, 2.05) is 95.0 Å². The van der Waals surface area contributed by atoms with Crippen LogP contribution in [0.5, 0.6) is 0 Å². The van der Waals surface area contributed by atoms with Crippen LogP contribution < -0.4 is 16.0 Å². The molecule has 0 aliphatic heterocycles. The summed E-state index contributed by atoms with van der Waals surface area (Å²) < 4.78 is 3.88. The van der Waals surface area contributed by atoms with Crippen molar-refractivity contribution >= 4 is 57.2 Å². The summed E-state index contributed by atoms with van der Waals surface area (Å²) in [4.78, 5) is 30.2. The minimum atomic E-state index is -0.123. The van der Waals surface area contributed by atoms with Gasteiger partial charge in [-0.2, -0.15) is 9.97 Å². The first-order chi connectivity index (χ1) is 18.0. The van der Waals surface area contributed by atoms with E-state index in [2.05, 4.69) is 20.9 Å². The summed E-state index contributed by atoms with van der Waals surface area (Å²) in [5.74, 6) is 1.41. The zero-order valence-corrected chi connectivity index (χ0v) is 20.2. The first-order valence-electron chi connectivity index (χ1n) is 11.7. The number of hydrogen-bond acceptors (Lipinski definition) is 7. The second-order valence-electron chi connectivity index (χ2n) is 8.51. The lowest BCUT2D eigenvalue weighted by atomic mass is 10.2. The lowest BCUT2D eigenvalue weighted by Gasteiger charge is -2.11. The highest BCUT2D eigenvalue weighted by atomic mass is 16.1. The minimum absolute atomic E-state index is 0.123. The average molecular weight is 490 g/mol. The smallest absolute Gasteiger partial charge is 0.233 e. The predicted molar refractivity (Wildman–Crippen MR) is 145 cm³/mol. The minimum Gasteiger partial charge on any atom is -0.338 e. The molecular weight excluding hydrogens is 466 g/mol. The standard InChI is InChI=1S/C27H23N9O/c1-17(37)29-18-12-14-19(15-13-18)30-24-23-25(36(16-28-23)20-8-4-3-5-9-20)33-26(32-24)34-27-31-21-10-6-7-11-22(21)35(27)2/h3-16H,1-2H3,(H,29,37)(H2,30,31,32,33,34). The fourth-order valence-corrected chi connectivity index (χ4v) is 4.15. The van der Waals surface area contributed by atoms with Gasteiger partial charge in [-0.25, -0.2) is 9.97 Å². The summed E-state index contributed by atoms with van der Waals surface area (Å²) in [5, 5.41) is 9.41. The first kappa shape index (κ1) is 22.2. The Labute approximate surface area is 212 Å². The summed E-state index contributed by atoms with van der Waals surface area (Å²) in [6, 6.07) is 25.2. The van der Waals surface area contributed by atoms with E-state index in [1.54, 1.807) is 6.33 Å². The fraction of sp³-hybridized carbons (Fsp3) is 0.0741. The molecule has 3 heterocycles. The number of rotatable bonds is 6. The Kier molecular flexibility index (Phi) is 5.45. The van der Waals surface area contributed by atoms with Crippen LogP contribution in [-0.2, 0) is 11.8 Å². The molecule has 0 fully saturated rings. The number of aromatic nitrogens is 6. The third kappa shape index (κ3) is 4.31. The molecular formula is C27H23N9O. The number of fused-ring (bicyclic) bond motifs is 2. The second kappa shape index (κ2) is 9.08. The van der Waals surface area contributed by atoms with Crippen molar-refractivity contribution in [2.75, 3.05) is 16.0 Å². The molecule has 3 N–H and O–H groups in total. The van der Waals surface area contributed by atoms with Crippen molar-refractivity contribution in [3.63, 3.8) is 0 Å². The van der Waals surface area contributed by atoms with Gasteiger partial charge in [-0.1, -0.05) is 30.3 Å². The maximum Gasteiger partial charge on any atom is 0.233 e. The number of nitrogens with one attached hydrogen (secondary N) is 3. The van der Waals surface area contributed by atoms with Crippen molar-refractivity contribution in [3.05, 3.63) is 85.2 Å². The van der Waals surface area contributed by atoms with Gasteiger partial charge in [-0.3, -0.25) is 14.7 Å². The van der Waals surface area contributed by atoms with E-state index in [0.29, 0.717) is 34.6 Å². The van der Waals surface area contributed by atoms with E-state index < -0.39 is 0 Å². The Morgan fingerprint density at radius 2 is 1.54 bits per heavy atom. The largest absolute Gasteiger partial charge is 0.338 e. The van der Waals surface area contributed by atoms with Gasteiger partial charge in [-0.15, -0.1) is 0 Å². The van der Waals surface area contributed by atoms with Gasteiger partial charge in [0.1, 0.15) is 6.33 Å². The van der Waals surface area contributed by atoms with Gasteiger partial charge in [0.25, 0.3) is 0 Å². The molecule has 3 aromatic carbocycles. The van der Waals surface area contributed by atoms with Gasteiger partial charge in [0.2, 0.25) is 17.8 Å². The van der Waals surface area contributed by atoms with Crippen LogP contribution in [0.1, 0.15) is 6.92 Å². The van der Waals surface area contributed by atoms with E-state index in [-0.39, 0.29) is 5.91 Å². The maximum absolute atomic E-state index is 11.4. The highest BCUT2D eigenvalue weighted by molar-refractivity contribution is 5.90. The Balaban J connectivity index is 1.43. The van der Waals surface area contributed by atoms with Crippen molar-refractivity contribution in [2.24, 2.45) is 7.05 Å². The van der Waals surface area contributed by atoms with Gasteiger partial charge in [0, 0.05) is 31.0 Å². The maximum atomic E-state index is 11.4. The molecule has 1 amide bonds. The SMILES string of the molecule is CC(=O)Nc1ccc(Nc2nc(Nc3nc4ccccc4n3C)nc3c2ncn3-c2ccccc2)cc1. The number of para-hydroxylation sites is 3. The van der Waals surface area contributed by atoms with Crippen LogP contribution in [0, 0.1) is 0 Å². The zero-order valence-electron chi connectivity index (χ0n) is 20.2. The number of nitrogens with zero attached hydrogens (tertiary/aromatic N) is 6. The van der Waals surface area contributed by atoms with Crippen LogP contribution in [0.2, 0.25) is 0 Å². The molecule has 0 saturated carbocycles. The van der Waals surface area contributed by atoms with Crippen LogP contribution in [0.3, 0.4) is 0 Å². The van der Waals surface area contributed by atoms with E-state index in [0.717, 1.165) is 22.4 Å². The topological polar surface area (TPSA) is 115 Å². The summed E-state index contributed by atoms with van der Waals surface area (Å²) in [7, 11) is 1.94. The molecule has 0 atom stereocenters. The molecule has 6 aromatic rings. The Hall–Kier alpha value is -5.25. The van der Waals surface area contributed by atoms with Gasteiger partial charge >= 0.3 is 0 Å². The van der Waals surface area contributed by atoms with Crippen molar-refractivity contribution in [3.8, 4) is 5.69 Å². The average Bonchev–Trinajstić information content (AvgIpc) is 3.47. The fourth-order valence-electron chi connectivity index (χ4n) is 4.15. The number of aryl methyl sites for hydroxylation is 1. The van der Waals surface area contributed by atoms with Crippen molar-refractivity contribution < 1.29 is 4.79 Å². The lowest BCUT2D eigenvalue weighted by molar-refractivity contribution is -0.114. The first-order valence-corrected chi connectivity index (χ1v) is 11.7. The Bertz CT molecular complexity index is 1740. The molecule has 0 spiro atoms. The third-order valence-corrected chi connectivity index (χ3v) is 5.91. The van der Waals surface area contributed by atoms with Gasteiger partial charge in [-0.05, 0) is 48.5 Å². The molecule has 3 aromatic heterocycles. The van der Waals surface area contributed by atoms with Crippen molar-refractivity contribution in [1.29, 1.82) is 0 Å². The molecule has 182 valence electrons. The van der Waals surface area contributed by atoms with E-state index in [9.17, 15) is 4.79 Å². The number of hydrogen-bond donors (Lipinski definition) is 3. The van der Waals surface area contributed by atoms with Crippen LogP contribution in [0.15, 0.2) is 85.2 Å². The van der Waals surface area contributed by atoms with Crippen LogP contribution in [0.25, 0.3) is 27.9 Å². The van der Waals surface area contributed by atoms with E-state index in [1.165, 1.54) is 6.92 Å². The van der Waals surface area contributed by atoms with Crippen LogP contribution in [-0.4, -0.2) is 35.0 Å². The lowest BCUT2D eigenvalue weighted by Crippen LogP contribution is -2.07. The molecule has 10 heteroatoms. The third-order valence-electron chi connectivity index (χ3n) is 5.91. The van der Waals surface area contributed by atoms with Crippen LogP contribution in [0.4, 0.5) is 29.1 Å². The number of anilines is 5. The quantitative estimate of drug-likeness (QED) is 0.296. The zero-order chi connectivity index (χ0) is 25.4. The summed E-state index contributed by atoms with van der Waals surface area (Å²) in [6.07, 6.45) is 1.73. The number of imidazole rings is 2. The van der Waals surface area contributed by atoms with Gasteiger partial charge < -0.3 is 15.2 Å². The molecule has 0 saturated heterocycles. The molecule has 37 heavy (non-hydrogen) atoms. The molecule has 0 bridgehead atoms. The monoisotopic (exact) mass is 489 g/mol. The Morgan fingerprint density at radius 1 is 0.811 bits per heavy atom. The molecule has 0 aliphatic carbocycles. The number of carbonyl (C=O) groups excluding carboxylic acids is 1. The molecule has 10 nitrogen and oxygen atoms in total. The molecule has 6 rings (SSSR count). The Morgan fingerprint density at radius 3 is 2.30 bits per heavy atom. The van der Waals surface area contributed by atoms with E-state index in [4.69, 9.17) is 15.0 Å². The number of amides is 1. The molecule has 0 unspecified atom stereocenters. The molecule has 0 radical (unpaired) electrons. The highest BCUT2D eigenvalue weighted by Crippen LogP contribution is 2.28. The predicted octanol–water partition coefficient (Wildman–Crippen LogP) is 5.15. The van der Waals surface area contributed by atoms with Crippen molar-refractivity contribution in [2.45, 2.75) is 6.92 Å². The highest BCUT2D eigenvalue weighted by Gasteiger charge is 2.17. The summed E-state index contributed by atoms with van der Waals surface area (Å²) in [6.45, 7) is 1.48. The summed E-state index contributed by atoms with van der Waals surface area (Å²) >= 11 is 0. The van der Waals surface area contributed by atoms with E-state index >= 15 is 0 Å². The van der Waals surface area contributed by atoms with Gasteiger partial charge in [0.05, 0.1) is 11.0 Å². The number of benzene rings is 3. The molecule has 0 aliphatic rings. The second-order valence-corrected chi connectivity index (χ2v) is 8.51. The summed E-state index contributed by atoms with van der Waals surface area (Å²) in [5.41, 5.74) is 5.56. The van der Waals surface area contributed by atoms with Crippen molar-refractivity contribution in [1.82, 2.24) is 29.1 Å². The van der Waals surface area contributed by atoms with Crippen LogP contribution >= 0.6 is 0 Å². The number of carbonyl (C=O) groups is 1. The van der Waals surface area contributed by atoms with Gasteiger partial charge in [0.15, 0.2) is 17.0 Å².